The van der Waals surface area contributed by atoms with E-state index in [0.29, 0.717) is 35.1 Å². The first-order chi connectivity index (χ1) is 23.7. The summed E-state index contributed by atoms with van der Waals surface area (Å²) in [5.41, 5.74) is 7.78. The molecule has 0 bridgehead atoms. The van der Waals surface area contributed by atoms with Crippen LogP contribution in [0, 0.1) is 0 Å². The van der Waals surface area contributed by atoms with Crippen LogP contribution in [0.1, 0.15) is 12.5 Å². The van der Waals surface area contributed by atoms with Crippen molar-refractivity contribution in [2.45, 2.75) is 6.92 Å². The van der Waals surface area contributed by atoms with Gasteiger partial charge in [0.25, 0.3) is 0 Å². The third-order valence-electron chi connectivity index (χ3n) is 7.72. The molecule has 7 rings (SSSR count). The lowest BCUT2D eigenvalue weighted by Gasteiger charge is -2.06. The fraction of sp³-hybridized carbons (Fsp3) is 0.0244. The molecule has 0 fully saturated rings. The SMILES string of the molecule is C=C/C=C\C(=C/C)c1ccc(-c2nnc(-c3ccc(Oc4ccc(-c5nnc(-c6ccc(-c7ccccc7)cc6)o5)cc4)cc3)o2)cc1. The van der Waals surface area contributed by atoms with Gasteiger partial charge in [-0.15, -0.1) is 20.4 Å². The third kappa shape index (κ3) is 6.66. The summed E-state index contributed by atoms with van der Waals surface area (Å²) in [7, 11) is 0. The summed E-state index contributed by atoms with van der Waals surface area (Å²) in [5.74, 6) is 3.13. The van der Waals surface area contributed by atoms with E-state index in [1.165, 1.54) is 0 Å². The molecule has 0 aliphatic heterocycles. The van der Waals surface area contributed by atoms with Crippen molar-refractivity contribution in [2.75, 3.05) is 0 Å². The molecule has 7 aromatic rings. The van der Waals surface area contributed by atoms with Gasteiger partial charge in [0.15, 0.2) is 0 Å². The Morgan fingerprint density at radius 2 is 0.917 bits per heavy atom. The van der Waals surface area contributed by atoms with Crippen molar-refractivity contribution in [3.05, 3.63) is 164 Å². The van der Waals surface area contributed by atoms with Crippen LogP contribution in [-0.2, 0) is 0 Å². The molecule has 48 heavy (non-hydrogen) atoms. The first kappa shape index (κ1) is 30.1. The minimum absolute atomic E-state index is 0.430. The van der Waals surface area contributed by atoms with Gasteiger partial charge in [-0.2, -0.15) is 0 Å². The second-order valence-corrected chi connectivity index (χ2v) is 10.8. The molecule has 0 radical (unpaired) electrons. The second-order valence-electron chi connectivity index (χ2n) is 10.8. The van der Waals surface area contributed by atoms with Crippen molar-refractivity contribution >= 4 is 5.57 Å². The second kappa shape index (κ2) is 13.8. The van der Waals surface area contributed by atoms with Crippen LogP contribution in [0.5, 0.6) is 11.5 Å². The number of aromatic nitrogens is 4. The van der Waals surface area contributed by atoms with Crippen LogP contribution < -0.4 is 4.74 Å². The van der Waals surface area contributed by atoms with E-state index in [9.17, 15) is 0 Å². The van der Waals surface area contributed by atoms with Gasteiger partial charge in [-0.1, -0.05) is 85.5 Å². The normalized spacial score (nSPS) is 11.6. The van der Waals surface area contributed by atoms with Crippen molar-refractivity contribution < 1.29 is 13.6 Å². The standard InChI is InChI=1S/C41H30N4O3/c1-3-5-9-28(4-2)30-12-16-32(17-13-30)38-42-44-40(47-38)34-20-24-36(25-21-34)46-37-26-22-35(23-27-37)41-45-43-39(48-41)33-18-14-31(15-19-33)29-10-7-6-8-11-29/h3-27H,1H2,2H3/b9-5-,28-4+. The molecule has 5 aromatic carbocycles. The lowest BCUT2D eigenvalue weighted by molar-refractivity contribution is 0.482. The van der Waals surface area contributed by atoms with Gasteiger partial charge in [-0.25, -0.2) is 0 Å². The Morgan fingerprint density at radius 3 is 1.35 bits per heavy atom. The van der Waals surface area contributed by atoms with E-state index in [1.54, 1.807) is 6.08 Å². The van der Waals surface area contributed by atoms with E-state index in [4.69, 9.17) is 13.6 Å². The van der Waals surface area contributed by atoms with Crippen LogP contribution in [0.3, 0.4) is 0 Å². The van der Waals surface area contributed by atoms with Gasteiger partial charge in [0.2, 0.25) is 23.6 Å². The molecule has 0 amide bonds. The molecule has 7 heteroatoms. The summed E-state index contributed by atoms with van der Waals surface area (Å²) >= 11 is 0. The van der Waals surface area contributed by atoms with Crippen LogP contribution in [0.25, 0.3) is 62.5 Å². The maximum atomic E-state index is 6.07. The summed E-state index contributed by atoms with van der Waals surface area (Å²) in [6, 6.07) is 41.4. The van der Waals surface area contributed by atoms with Crippen LogP contribution in [-0.4, -0.2) is 20.4 Å². The highest BCUT2D eigenvalue weighted by molar-refractivity contribution is 5.75. The number of hydrogen-bond donors (Lipinski definition) is 0. The smallest absolute Gasteiger partial charge is 0.248 e. The zero-order valence-corrected chi connectivity index (χ0v) is 26.2. The van der Waals surface area contributed by atoms with E-state index in [1.807, 2.05) is 122 Å². The molecule has 0 N–H and O–H groups in total. The number of nitrogens with zero attached hydrogens (tertiary/aromatic N) is 4. The van der Waals surface area contributed by atoms with Crippen molar-refractivity contribution in [1.29, 1.82) is 0 Å². The van der Waals surface area contributed by atoms with E-state index < -0.39 is 0 Å². The Bertz CT molecular complexity index is 2190. The number of rotatable bonds is 10. The third-order valence-corrected chi connectivity index (χ3v) is 7.72. The molecule has 232 valence electrons. The summed E-state index contributed by atoms with van der Waals surface area (Å²) in [6.07, 6.45) is 7.75. The van der Waals surface area contributed by atoms with E-state index in [-0.39, 0.29) is 0 Å². The molecular weight excluding hydrogens is 596 g/mol. The van der Waals surface area contributed by atoms with Crippen molar-refractivity contribution in [3.63, 3.8) is 0 Å². The minimum atomic E-state index is 0.430. The molecule has 0 aliphatic rings. The Kier molecular flexibility index (Phi) is 8.65. The molecule has 0 saturated carbocycles. The van der Waals surface area contributed by atoms with Gasteiger partial charge in [0, 0.05) is 22.3 Å². The number of ether oxygens (including phenoxy) is 1. The topological polar surface area (TPSA) is 87.1 Å². The van der Waals surface area contributed by atoms with Gasteiger partial charge < -0.3 is 13.6 Å². The molecule has 0 saturated heterocycles. The summed E-state index contributed by atoms with van der Waals surface area (Å²) in [5, 5.41) is 17.0. The van der Waals surface area contributed by atoms with E-state index in [0.717, 1.165) is 44.5 Å². The Balaban J connectivity index is 0.978. The highest BCUT2D eigenvalue weighted by Crippen LogP contribution is 2.31. The largest absolute Gasteiger partial charge is 0.457 e. The fourth-order valence-electron chi connectivity index (χ4n) is 5.15. The molecular formula is C41H30N4O3. The lowest BCUT2D eigenvalue weighted by atomic mass is 10.0. The van der Waals surface area contributed by atoms with Crippen LogP contribution in [0.15, 0.2) is 167 Å². The number of allylic oxidation sites excluding steroid dienone is 5. The van der Waals surface area contributed by atoms with E-state index in [2.05, 4.69) is 57.3 Å². The highest BCUT2D eigenvalue weighted by atomic mass is 16.5. The Hall–Kier alpha value is -6.60. The molecule has 2 aromatic heterocycles. The maximum Gasteiger partial charge on any atom is 0.248 e. The van der Waals surface area contributed by atoms with Crippen LogP contribution in [0.2, 0.25) is 0 Å². The first-order valence-corrected chi connectivity index (χ1v) is 15.4. The average molecular weight is 627 g/mol. The summed E-state index contributed by atoms with van der Waals surface area (Å²) in [4.78, 5) is 0. The molecule has 0 atom stereocenters. The van der Waals surface area contributed by atoms with Gasteiger partial charge >= 0.3 is 0 Å². The van der Waals surface area contributed by atoms with Crippen molar-refractivity contribution in [1.82, 2.24) is 20.4 Å². The lowest BCUT2D eigenvalue weighted by Crippen LogP contribution is -1.85. The van der Waals surface area contributed by atoms with Crippen molar-refractivity contribution in [2.24, 2.45) is 0 Å². The summed E-state index contributed by atoms with van der Waals surface area (Å²) < 4.78 is 18.0. The molecule has 0 unspecified atom stereocenters. The minimum Gasteiger partial charge on any atom is -0.457 e. The van der Waals surface area contributed by atoms with Gasteiger partial charge in [-0.3, -0.25) is 0 Å². The highest BCUT2D eigenvalue weighted by Gasteiger charge is 2.13. The Morgan fingerprint density at radius 1 is 0.521 bits per heavy atom. The molecule has 0 spiro atoms. The zero-order valence-electron chi connectivity index (χ0n) is 26.2. The predicted molar refractivity (Wildman–Crippen MR) is 189 cm³/mol. The van der Waals surface area contributed by atoms with Gasteiger partial charge in [0.1, 0.15) is 11.5 Å². The fourth-order valence-corrected chi connectivity index (χ4v) is 5.15. The molecule has 0 aliphatic carbocycles. The number of hydrogen-bond acceptors (Lipinski definition) is 7. The van der Waals surface area contributed by atoms with Crippen LogP contribution >= 0.6 is 0 Å². The summed E-state index contributed by atoms with van der Waals surface area (Å²) in [6.45, 7) is 5.75. The quantitative estimate of drug-likeness (QED) is 0.140. The van der Waals surface area contributed by atoms with Gasteiger partial charge in [-0.05, 0) is 102 Å². The Labute approximate surface area is 278 Å². The molecule has 7 nitrogen and oxygen atoms in total. The molecule has 2 heterocycles. The number of benzene rings is 5. The van der Waals surface area contributed by atoms with Gasteiger partial charge in [0.05, 0.1) is 0 Å². The van der Waals surface area contributed by atoms with Crippen LogP contribution in [0.4, 0.5) is 0 Å². The average Bonchev–Trinajstić information content (AvgIpc) is 3.85. The maximum absolute atomic E-state index is 6.07. The van der Waals surface area contributed by atoms with Crippen molar-refractivity contribution in [3.8, 4) is 68.4 Å². The predicted octanol–water partition coefficient (Wildman–Crippen LogP) is 10.7. The van der Waals surface area contributed by atoms with E-state index >= 15 is 0 Å². The first-order valence-electron chi connectivity index (χ1n) is 15.4. The monoisotopic (exact) mass is 626 g/mol. The zero-order chi connectivity index (χ0) is 32.7.